The maximum absolute atomic E-state index is 5.30. The van der Waals surface area contributed by atoms with Gasteiger partial charge in [0.25, 0.3) is 0 Å². The lowest BCUT2D eigenvalue weighted by molar-refractivity contribution is 1.22. The summed E-state index contributed by atoms with van der Waals surface area (Å²) in [5.41, 5.74) is 12.4. The number of hydrogen-bond donors (Lipinski definition) is 2. The molecule has 0 fully saturated rings. The molecule has 6 heteroatoms. The second-order valence-corrected chi connectivity index (χ2v) is 4.14. The van der Waals surface area contributed by atoms with Gasteiger partial charge in [0.05, 0.1) is 16.3 Å². The maximum Gasteiger partial charge on any atom is 0.213 e. The number of nitrogens with zero attached hydrogens (tertiary/aromatic N) is 3. The molecule has 0 amide bonds. The van der Waals surface area contributed by atoms with Crippen LogP contribution in [0.15, 0.2) is 29.4 Å². The quantitative estimate of drug-likeness (QED) is 0.606. The van der Waals surface area contributed by atoms with Crippen molar-refractivity contribution in [2.75, 3.05) is 0 Å². The Morgan fingerprint density at radius 3 is 2.81 bits per heavy atom. The topological polar surface area (TPSA) is 90.2 Å². The van der Waals surface area contributed by atoms with Gasteiger partial charge in [0, 0.05) is 6.20 Å². The summed E-state index contributed by atoms with van der Waals surface area (Å²) in [7, 11) is 0. The van der Waals surface area contributed by atoms with Crippen molar-refractivity contribution in [1.82, 2.24) is 9.97 Å². The molecule has 0 atom stereocenters. The van der Waals surface area contributed by atoms with Crippen LogP contribution in [-0.2, 0) is 0 Å². The SMILES string of the molecule is Cc1nc(N=C(N)N)sc1-c1ccccn1. The third kappa shape index (κ3) is 2.17. The molecule has 0 spiro atoms. The Kier molecular flexibility index (Phi) is 2.82. The number of aromatic nitrogens is 2. The van der Waals surface area contributed by atoms with Gasteiger partial charge in [0.1, 0.15) is 0 Å². The molecule has 16 heavy (non-hydrogen) atoms. The third-order valence-corrected chi connectivity index (χ3v) is 2.98. The van der Waals surface area contributed by atoms with Crippen molar-refractivity contribution in [3.8, 4) is 10.6 Å². The predicted octanol–water partition coefficient (Wildman–Crippen LogP) is 1.42. The van der Waals surface area contributed by atoms with E-state index in [1.54, 1.807) is 6.20 Å². The van der Waals surface area contributed by atoms with Crippen molar-refractivity contribution in [2.24, 2.45) is 16.5 Å². The Hall–Kier alpha value is -1.95. The standard InChI is InChI=1S/C10H11N5S/c1-6-8(7-4-2-3-5-13-7)16-10(14-6)15-9(11)12/h2-5H,1H3,(H4,11,12,14,15). The van der Waals surface area contributed by atoms with Crippen LogP contribution in [-0.4, -0.2) is 15.9 Å². The summed E-state index contributed by atoms with van der Waals surface area (Å²) in [5.74, 6) is 0.0151. The Morgan fingerprint density at radius 2 is 2.19 bits per heavy atom. The molecule has 82 valence electrons. The molecule has 0 saturated heterocycles. The molecule has 5 nitrogen and oxygen atoms in total. The first-order valence-electron chi connectivity index (χ1n) is 4.65. The number of hydrogen-bond acceptors (Lipinski definition) is 4. The van der Waals surface area contributed by atoms with Crippen LogP contribution in [0.3, 0.4) is 0 Å². The van der Waals surface area contributed by atoms with Crippen LogP contribution in [0.4, 0.5) is 5.13 Å². The van der Waals surface area contributed by atoms with Crippen LogP contribution in [0.1, 0.15) is 5.69 Å². The first kappa shape index (κ1) is 10.6. The van der Waals surface area contributed by atoms with Crippen molar-refractivity contribution in [3.63, 3.8) is 0 Å². The molecule has 0 bridgehead atoms. The molecule has 0 radical (unpaired) electrons. The predicted molar refractivity (Wildman–Crippen MR) is 65.6 cm³/mol. The van der Waals surface area contributed by atoms with Gasteiger partial charge < -0.3 is 11.5 Å². The lowest BCUT2D eigenvalue weighted by atomic mass is 10.3. The van der Waals surface area contributed by atoms with E-state index in [1.807, 2.05) is 25.1 Å². The van der Waals surface area contributed by atoms with Crippen molar-refractivity contribution >= 4 is 22.4 Å². The van der Waals surface area contributed by atoms with E-state index in [4.69, 9.17) is 11.5 Å². The Morgan fingerprint density at radius 1 is 1.38 bits per heavy atom. The summed E-state index contributed by atoms with van der Waals surface area (Å²) in [4.78, 5) is 13.4. The van der Waals surface area contributed by atoms with Crippen LogP contribution in [0, 0.1) is 6.92 Å². The molecule has 0 saturated carbocycles. The van der Waals surface area contributed by atoms with Crippen LogP contribution in [0.25, 0.3) is 10.6 Å². The van der Waals surface area contributed by atoms with Crippen LogP contribution < -0.4 is 11.5 Å². The molecular weight excluding hydrogens is 222 g/mol. The zero-order valence-electron chi connectivity index (χ0n) is 8.71. The third-order valence-electron chi connectivity index (χ3n) is 1.91. The zero-order valence-corrected chi connectivity index (χ0v) is 9.53. The van der Waals surface area contributed by atoms with Crippen LogP contribution >= 0.6 is 11.3 Å². The monoisotopic (exact) mass is 233 g/mol. The minimum absolute atomic E-state index is 0.0151. The number of rotatable bonds is 2. The molecule has 0 aliphatic carbocycles. The highest BCUT2D eigenvalue weighted by atomic mass is 32.1. The molecule has 2 aromatic heterocycles. The van der Waals surface area contributed by atoms with Crippen molar-refractivity contribution in [1.29, 1.82) is 0 Å². The Labute approximate surface area is 96.9 Å². The summed E-state index contributed by atoms with van der Waals surface area (Å²) < 4.78 is 0. The van der Waals surface area contributed by atoms with Crippen LogP contribution in [0.5, 0.6) is 0 Å². The van der Waals surface area contributed by atoms with E-state index in [2.05, 4.69) is 15.0 Å². The van der Waals surface area contributed by atoms with E-state index in [0.717, 1.165) is 16.3 Å². The summed E-state index contributed by atoms with van der Waals surface area (Å²) in [6.07, 6.45) is 1.74. The normalized spacial score (nSPS) is 10.1. The number of guanidine groups is 1. The molecule has 2 heterocycles. The number of aryl methyl sites for hydroxylation is 1. The Bertz CT molecular complexity index is 513. The first-order valence-corrected chi connectivity index (χ1v) is 5.47. The summed E-state index contributed by atoms with van der Waals surface area (Å²) in [6, 6.07) is 5.73. The highest BCUT2D eigenvalue weighted by Gasteiger charge is 2.09. The fraction of sp³-hybridized carbons (Fsp3) is 0.100. The van der Waals surface area contributed by atoms with Gasteiger partial charge in [-0.1, -0.05) is 17.4 Å². The van der Waals surface area contributed by atoms with Gasteiger partial charge in [-0.3, -0.25) is 4.98 Å². The minimum Gasteiger partial charge on any atom is -0.370 e. The second kappa shape index (κ2) is 4.28. The fourth-order valence-corrected chi connectivity index (χ4v) is 2.21. The van der Waals surface area contributed by atoms with Gasteiger partial charge in [0.15, 0.2) is 5.96 Å². The largest absolute Gasteiger partial charge is 0.370 e. The highest BCUT2D eigenvalue weighted by molar-refractivity contribution is 7.18. The van der Waals surface area contributed by atoms with Gasteiger partial charge in [-0.2, -0.15) is 4.99 Å². The van der Waals surface area contributed by atoms with E-state index in [1.165, 1.54) is 11.3 Å². The molecule has 2 rings (SSSR count). The molecule has 0 aliphatic rings. The van der Waals surface area contributed by atoms with Gasteiger partial charge in [-0.05, 0) is 19.1 Å². The number of aliphatic imine (C=N–C) groups is 1. The van der Waals surface area contributed by atoms with Gasteiger partial charge in [-0.15, -0.1) is 0 Å². The number of nitrogens with two attached hydrogens (primary N) is 2. The molecule has 0 unspecified atom stereocenters. The van der Waals surface area contributed by atoms with Gasteiger partial charge >= 0.3 is 0 Å². The molecular formula is C10H11N5S. The lowest BCUT2D eigenvalue weighted by Crippen LogP contribution is -2.21. The molecule has 2 aromatic rings. The van der Waals surface area contributed by atoms with Crippen molar-refractivity contribution < 1.29 is 0 Å². The zero-order chi connectivity index (χ0) is 11.5. The number of pyridine rings is 1. The molecule has 0 aliphatic heterocycles. The fourth-order valence-electron chi connectivity index (χ4n) is 1.28. The van der Waals surface area contributed by atoms with E-state index >= 15 is 0 Å². The highest BCUT2D eigenvalue weighted by Crippen LogP contribution is 2.32. The minimum atomic E-state index is 0.0151. The van der Waals surface area contributed by atoms with Crippen molar-refractivity contribution in [2.45, 2.75) is 6.92 Å². The molecule has 0 aromatic carbocycles. The Balaban J connectivity index is 2.44. The number of thiazole rings is 1. The summed E-state index contributed by atoms with van der Waals surface area (Å²) >= 11 is 1.42. The van der Waals surface area contributed by atoms with Crippen LogP contribution in [0.2, 0.25) is 0 Å². The average molecular weight is 233 g/mol. The maximum atomic E-state index is 5.30. The smallest absolute Gasteiger partial charge is 0.213 e. The van der Waals surface area contributed by atoms with E-state index < -0.39 is 0 Å². The van der Waals surface area contributed by atoms with Gasteiger partial charge in [0.2, 0.25) is 5.13 Å². The van der Waals surface area contributed by atoms with E-state index in [0.29, 0.717) is 5.13 Å². The summed E-state index contributed by atoms with van der Waals surface area (Å²) in [6.45, 7) is 1.91. The van der Waals surface area contributed by atoms with E-state index in [-0.39, 0.29) is 5.96 Å². The van der Waals surface area contributed by atoms with Gasteiger partial charge in [-0.25, -0.2) is 4.98 Å². The first-order chi connectivity index (χ1) is 7.66. The summed E-state index contributed by atoms with van der Waals surface area (Å²) in [5, 5.41) is 0.554. The molecule has 4 N–H and O–H groups in total. The van der Waals surface area contributed by atoms with E-state index in [9.17, 15) is 0 Å². The lowest BCUT2D eigenvalue weighted by Gasteiger charge is -1.94. The average Bonchev–Trinajstić information content (AvgIpc) is 2.60. The second-order valence-electron chi connectivity index (χ2n) is 3.16. The van der Waals surface area contributed by atoms with Crippen molar-refractivity contribution in [3.05, 3.63) is 30.1 Å².